The molecule has 3 heterocycles. The molecule has 1 aliphatic heterocycles. The molecule has 2 amide bonds. The minimum atomic E-state index is -4.46. The maximum atomic E-state index is 13.6. The molecule has 14 heteroatoms. The molecule has 0 unspecified atom stereocenters. The van der Waals surface area contributed by atoms with Gasteiger partial charge in [0, 0.05) is 12.5 Å². The summed E-state index contributed by atoms with van der Waals surface area (Å²) in [6, 6.07) is 8.32. The Kier molecular flexibility index (Phi) is 6.36. The zero-order valence-electron chi connectivity index (χ0n) is 21.9. The number of hydrogen-bond acceptors (Lipinski definition) is 7. The van der Waals surface area contributed by atoms with Gasteiger partial charge in [-0.15, -0.1) is 0 Å². The maximum Gasteiger partial charge on any atom is 0.422 e. The van der Waals surface area contributed by atoms with Gasteiger partial charge in [0.15, 0.2) is 22.1 Å². The lowest BCUT2D eigenvalue weighted by Crippen LogP contribution is -2.52. The largest absolute Gasteiger partial charge is 0.484 e. The topological polar surface area (TPSA) is 132 Å². The number of rotatable bonds is 7. The van der Waals surface area contributed by atoms with E-state index in [0.29, 0.717) is 24.5 Å². The molecule has 3 aromatic rings. The summed E-state index contributed by atoms with van der Waals surface area (Å²) in [5, 5.41) is 10.3. The molecule has 1 aromatic carbocycles. The number of carbonyl (C=O) groups is 2. The van der Waals surface area contributed by atoms with Crippen molar-refractivity contribution in [1.82, 2.24) is 20.1 Å². The van der Waals surface area contributed by atoms with E-state index in [9.17, 15) is 31.2 Å². The van der Waals surface area contributed by atoms with Crippen molar-refractivity contribution in [2.75, 3.05) is 23.9 Å². The van der Waals surface area contributed by atoms with Crippen molar-refractivity contribution in [2.24, 2.45) is 0 Å². The first kappa shape index (κ1) is 27.2. The minimum Gasteiger partial charge on any atom is -0.484 e. The van der Waals surface area contributed by atoms with Crippen molar-refractivity contribution in [1.29, 1.82) is 0 Å². The van der Waals surface area contributed by atoms with Crippen LogP contribution in [0.1, 0.15) is 52.4 Å². The molecule has 2 aliphatic carbocycles. The third-order valence-electron chi connectivity index (χ3n) is 7.49. The van der Waals surface area contributed by atoms with Crippen LogP contribution in [0.15, 0.2) is 36.5 Å². The maximum absolute atomic E-state index is 13.6. The molecule has 0 bridgehead atoms. The number of anilines is 1. The lowest BCUT2D eigenvalue weighted by Gasteiger charge is -2.36. The lowest BCUT2D eigenvalue weighted by molar-refractivity contribution is -0.153. The predicted molar refractivity (Wildman–Crippen MR) is 141 cm³/mol. The number of nitrogens with one attached hydrogen (secondary N) is 2. The number of carbonyl (C=O) groups excluding carboxylic acids is 2. The van der Waals surface area contributed by atoms with E-state index in [0.717, 1.165) is 35.8 Å². The predicted octanol–water partition coefficient (Wildman–Crippen LogP) is 3.33. The third kappa shape index (κ3) is 5.52. The van der Waals surface area contributed by atoms with E-state index in [4.69, 9.17) is 4.74 Å². The van der Waals surface area contributed by atoms with Gasteiger partial charge < -0.3 is 15.4 Å². The second-order valence-electron chi connectivity index (χ2n) is 10.9. The van der Waals surface area contributed by atoms with E-state index >= 15 is 0 Å². The van der Waals surface area contributed by atoms with Gasteiger partial charge in [0.05, 0.1) is 17.8 Å². The fourth-order valence-electron chi connectivity index (χ4n) is 5.57. The summed E-state index contributed by atoms with van der Waals surface area (Å²) < 4.78 is 67.7. The second kappa shape index (κ2) is 9.57. The molecule has 3 aliphatic rings. The van der Waals surface area contributed by atoms with E-state index in [1.54, 1.807) is 24.4 Å². The standard InChI is InChI=1S/C27H26F3N5O5S/c1-41(38,39)12-21(36)32-23-22(20-7-4-17(11-31-20)15-2-3-15)34-35-13-26(33-25(37)24(23)35)9-8-16-10-18(5-6-19(16)26)40-14-27(28,29)30/h4-7,10-11,15H,2-3,8-9,12-14H2,1H3,(H,32,36)(H,33,37)/t26-/m1/s1. The van der Waals surface area contributed by atoms with Crippen LogP contribution in [0.25, 0.3) is 11.4 Å². The van der Waals surface area contributed by atoms with Crippen LogP contribution in [0, 0.1) is 0 Å². The SMILES string of the molecule is CS(=O)(=O)CC(=O)Nc1c(-c2ccc(C3CC3)cn2)nn2c1C(=O)N[C@]1(CCc3cc(OCC(F)(F)F)ccc31)C2. The van der Waals surface area contributed by atoms with Gasteiger partial charge in [0.25, 0.3) is 5.91 Å². The molecule has 1 spiro atoms. The number of fused-ring (bicyclic) bond motifs is 3. The molecular weight excluding hydrogens is 563 g/mol. The van der Waals surface area contributed by atoms with Crippen LogP contribution in [-0.2, 0) is 33.1 Å². The summed E-state index contributed by atoms with van der Waals surface area (Å²) in [7, 11) is -3.64. The number of alkyl halides is 3. The molecule has 1 fully saturated rings. The summed E-state index contributed by atoms with van der Waals surface area (Å²) in [4.78, 5) is 30.8. The lowest BCUT2D eigenvalue weighted by atomic mass is 9.89. The van der Waals surface area contributed by atoms with Gasteiger partial charge in [0.1, 0.15) is 22.9 Å². The summed E-state index contributed by atoms with van der Waals surface area (Å²) in [5.41, 5.74) is 2.44. The number of amides is 2. The Hall–Kier alpha value is -3.94. The van der Waals surface area contributed by atoms with Gasteiger partial charge in [-0.25, -0.2) is 8.42 Å². The smallest absolute Gasteiger partial charge is 0.422 e. The van der Waals surface area contributed by atoms with Crippen LogP contribution < -0.4 is 15.4 Å². The Morgan fingerprint density at radius 1 is 1.24 bits per heavy atom. The van der Waals surface area contributed by atoms with Crippen molar-refractivity contribution in [3.63, 3.8) is 0 Å². The fourth-order valence-corrected chi connectivity index (χ4v) is 6.12. The molecule has 216 valence electrons. The highest BCUT2D eigenvalue weighted by Gasteiger charge is 2.46. The minimum absolute atomic E-state index is 0.0547. The Bertz CT molecular complexity index is 1670. The number of ether oxygens (including phenoxy) is 1. The summed E-state index contributed by atoms with van der Waals surface area (Å²) >= 11 is 0. The monoisotopic (exact) mass is 589 g/mol. The van der Waals surface area contributed by atoms with E-state index in [2.05, 4.69) is 20.7 Å². The molecule has 0 saturated heterocycles. The number of halogens is 3. The Morgan fingerprint density at radius 3 is 2.68 bits per heavy atom. The van der Waals surface area contributed by atoms with Crippen LogP contribution in [0.4, 0.5) is 18.9 Å². The average molecular weight is 590 g/mol. The summed E-state index contributed by atoms with van der Waals surface area (Å²) in [6.45, 7) is -1.23. The molecule has 2 aromatic heterocycles. The fraction of sp³-hybridized carbons (Fsp3) is 0.407. The number of aromatic nitrogens is 3. The normalized spacial score (nSPS) is 20.0. The van der Waals surface area contributed by atoms with Gasteiger partial charge in [-0.3, -0.25) is 19.3 Å². The van der Waals surface area contributed by atoms with Crippen molar-refractivity contribution < 1.29 is 35.9 Å². The molecule has 0 radical (unpaired) electrons. The molecule has 1 atom stereocenters. The highest BCUT2D eigenvalue weighted by Crippen LogP contribution is 2.44. The first-order chi connectivity index (χ1) is 19.3. The van der Waals surface area contributed by atoms with Gasteiger partial charge >= 0.3 is 6.18 Å². The number of benzene rings is 1. The summed E-state index contributed by atoms with van der Waals surface area (Å²) in [6.07, 6.45) is 1.35. The van der Waals surface area contributed by atoms with Gasteiger partial charge in [-0.1, -0.05) is 12.1 Å². The molecule has 1 saturated carbocycles. The van der Waals surface area contributed by atoms with Crippen LogP contribution in [0.5, 0.6) is 5.75 Å². The van der Waals surface area contributed by atoms with Crippen LogP contribution in [-0.4, -0.2) is 59.8 Å². The molecule has 2 N–H and O–H groups in total. The van der Waals surface area contributed by atoms with Crippen molar-refractivity contribution in [3.8, 4) is 17.1 Å². The number of nitrogens with zero attached hydrogens (tertiary/aromatic N) is 3. The quantitative estimate of drug-likeness (QED) is 0.432. The van der Waals surface area contributed by atoms with Crippen LogP contribution in [0.3, 0.4) is 0 Å². The number of sulfone groups is 1. The number of aryl methyl sites for hydroxylation is 1. The first-order valence-electron chi connectivity index (χ1n) is 13.0. The van der Waals surface area contributed by atoms with E-state index in [-0.39, 0.29) is 29.4 Å². The van der Waals surface area contributed by atoms with Crippen molar-refractivity contribution >= 4 is 27.3 Å². The molecule has 10 nitrogen and oxygen atoms in total. The van der Waals surface area contributed by atoms with Gasteiger partial charge in [0.2, 0.25) is 5.91 Å². The highest BCUT2D eigenvalue weighted by molar-refractivity contribution is 7.91. The van der Waals surface area contributed by atoms with Crippen molar-refractivity contribution in [3.05, 3.63) is 58.9 Å². The van der Waals surface area contributed by atoms with Crippen molar-refractivity contribution in [2.45, 2.75) is 49.9 Å². The second-order valence-corrected chi connectivity index (χ2v) is 13.0. The van der Waals surface area contributed by atoms with Gasteiger partial charge in [-0.05, 0) is 66.5 Å². The number of hydrogen-bond donors (Lipinski definition) is 2. The van der Waals surface area contributed by atoms with Crippen LogP contribution in [0.2, 0.25) is 0 Å². The zero-order valence-corrected chi connectivity index (χ0v) is 22.7. The average Bonchev–Trinajstić information content (AvgIpc) is 3.60. The summed E-state index contributed by atoms with van der Waals surface area (Å²) in [5.74, 6) is -1.58. The van der Waals surface area contributed by atoms with E-state index in [1.807, 2.05) is 6.07 Å². The van der Waals surface area contributed by atoms with E-state index in [1.165, 1.54) is 10.7 Å². The third-order valence-corrected chi connectivity index (χ3v) is 8.28. The molecule has 6 rings (SSSR count). The Morgan fingerprint density at radius 2 is 2.02 bits per heavy atom. The molecule has 41 heavy (non-hydrogen) atoms. The van der Waals surface area contributed by atoms with Crippen LogP contribution >= 0.6 is 0 Å². The highest BCUT2D eigenvalue weighted by atomic mass is 32.2. The zero-order chi connectivity index (χ0) is 29.2. The molecular formula is C27H26F3N5O5S. The Labute approximate surface area is 233 Å². The number of pyridine rings is 1. The first-order valence-corrected chi connectivity index (χ1v) is 15.1. The Balaban J connectivity index is 1.36. The van der Waals surface area contributed by atoms with E-state index < -0.39 is 45.7 Å². The van der Waals surface area contributed by atoms with Gasteiger partial charge in [-0.2, -0.15) is 18.3 Å².